The van der Waals surface area contributed by atoms with Crippen LogP contribution < -0.4 is 10.2 Å². The van der Waals surface area contributed by atoms with Gasteiger partial charge in [0.25, 0.3) is 11.8 Å². The molecule has 2 aliphatic rings. The Kier molecular flexibility index (Phi) is 3.63. The fraction of sp³-hybridized carbons (Fsp3) is 0.294. The van der Waals surface area contributed by atoms with Crippen molar-refractivity contribution in [3.8, 4) is 0 Å². The molecule has 23 heavy (non-hydrogen) atoms. The second-order valence-electron chi connectivity index (χ2n) is 5.59. The minimum absolute atomic E-state index is 0.0478. The van der Waals surface area contributed by atoms with E-state index < -0.39 is 0 Å². The number of nitrogens with zero attached hydrogens (tertiary/aromatic N) is 1. The van der Waals surface area contributed by atoms with E-state index in [1.165, 1.54) is 4.88 Å². The molecule has 4 rings (SSSR count). The molecule has 0 bridgehead atoms. The Morgan fingerprint density at radius 3 is 3.04 bits per heavy atom. The number of thiophene rings is 1. The molecule has 1 N–H and O–H groups in total. The molecule has 2 aliphatic heterocycles. The second kappa shape index (κ2) is 5.79. The molecule has 0 atom stereocenters. The number of hydrogen-bond acceptors (Lipinski definition) is 4. The predicted molar refractivity (Wildman–Crippen MR) is 88.1 cm³/mol. The van der Waals surface area contributed by atoms with Crippen LogP contribution in [0.2, 0.25) is 0 Å². The summed E-state index contributed by atoms with van der Waals surface area (Å²) in [6, 6.07) is 9.18. The van der Waals surface area contributed by atoms with Crippen molar-refractivity contribution in [2.45, 2.75) is 13.0 Å². The highest BCUT2D eigenvalue weighted by molar-refractivity contribution is 7.14. The van der Waals surface area contributed by atoms with E-state index in [9.17, 15) is 9.59 Å². The monoisotopic (exact) mass is 328 g/mol. The van der Waals surface area contributed by atoms with Gasteiger partial charge < -0.3 is 15.0 Å². The molecule has 0 spiro atoms. The molecule has 118 valence electrons. The Balaban J connectivity index is 1.71. The van der Waals surface area contributed by atoms with E-state index in [1.807, 2.05) is 24.3 Å². The summed E-state index contributed by atoms with van der Waals surface area (Å²) in [5, 5.41) is 2.84. The standard InChI is InChI=1S/C17H16N2O3S/c20-16-12-3-1-2-4-13(12)19(7-6-18-16)17(21)15-9-11-10-22-8-5-14(11)23-15/h1-4,9H,5-8,10H2,(H,18,20). The molecule has 3 heterocycles. The molecule has 0 aliphatic carbocycles. The van der Waals surface area contributed by atoms with Crippen LogP contribution in [0.25, 0.3) is 0 Å². The van der Waals surface area contributed by atoms with Gasteiger partial charge >= 0.3 is 0 Å². The highest BCUT2D eigenvalue weighted by Gasteiger charge is 2.27. The van der Waals surface area contributed by atoms with Crippen LogP contribution in [0.3, 0.4) is 0 Å². The topological polar surface area (TPSA) is 58.6 Å². The third-order valence-electron chi connectivity index (χ3n) is 4.14. The van der Waals surface area contributed by atoms with E-state index >= 15 is 0 Å². The largest absolute Gasteiger partial charge is 0.376 e. The number of ether oxygens (including phenoxy) is 1. The van der Waals surface area contributed by atoms with E-state index in [1.54, 1.807) is 22.3 Å². The number of hydrogen-bond donors (Lipinski definition) is 1. The summed E-state index contributed by atoms with van der Waals surface area (Å²) < 4.78 is 5.45. The maximum atomic E-state index is 13.0. The molecule has 0 saturated heterocycles. The van der Waals surface area contributed by atoms with Crippen molar-refractivity contribution >= 4 is 28.8 Å². The molecule has 5 nitrogen and oxygen atoms in total. The summed E-state index contributed by atoms with van der Waals surface area (Å²) in [5.74, 6) is -0.178. The quantitative estimate of drug-likeness (QED) is 0.873. The summed E-state index contributed by atoms with van der Waals surface area (Å²) in [6.07, 6.45) is 0.865. The highest BCUT2D eigenvalue weighted by Crippen LogP contribution is 2.30. The maximum absolute atomic E-state index is 13.0. The summed E-state index contributed by atoms with van der Waals surface area (Å²) >= 11 is 1.54. The van der Waals surface area contributed by atoms with Crippen LogP contribution in [-0.2, 0) is 17.8 Å². The molecule has 6 heteroatoms. The van der Waals surface area contributed by atoms with Gasteiger partial charge in [-0.15, -0.1) is 11.3 Å². The first-order chi connectivity index (χ1) is 11.2. The number of benzene rings is 1. The van der Waals surface area contributed by atoms with Crippen molar-refractivity contribution in [2.75, 3.05) is 24.6 Å². The van der Waals surface area contributed by atoms with Crippen molar-refractivity contribution in [1.29, 1.82) is 0 Å². The lowest BCUT2D eigenvalue weighted by Gasteiger charge is -2.21. The van der Waals surface area contributed by atoms with Crippen LogP contribution in [0.1, 0.15) is 30.5 Å². The van der Waals surface area contributed by atoms with E-state index in [2.05, 4.69) is 5.32 Å². The number of fused-ring (bicyclic) bond motifs is 2. The lowest BCUT2D eigenvalue weighted by molar-refractivity contribution is 0.0954. The molecule has 2 amide bonds. The number of carbonyl (C=O) groups is 2. The first-order valence-corrected chi connectivity index (χ1v) is 8.44. The Hall–Kier alpha value is -2.18. The number of nitrogens with one attached hydrogen (secondary N) is 1. The third kappa shape index (κ3) is 2.54. The molecule has 0 saturated carbocycles. The van der Waals surface area contributed by atoms with Gasteiger partial charge in [-0.2, -0.15) is 0 Å². The van der Waals surface area contributed by atoms with Crippen molar-refractivity contribution in [2.24, 2.45) is 0 Å². The predicted octanol–water partition coefficient (Wildman–Crippen LogP) is 2.21. The van der Waals surface area contributed by atoms with E-state index in [4.69, 9.17) is 4.74 Å². The number of para-hydroxylation sites is 1. The number of rotatable bonds is 1. The van der Waals surface area contributed by atoms with Crippen LogP contribution in [-0.4, -0.2) is 31.5 Å². The van der Waals surface area contributed by atoms with Crippen molar-refractivity contribution in [1.82, 2.24) is 5.32 Å². The zero-order valence-electron chi connectivity index (χ0n) is 12.5. The minimum Gasteiger partial charge on any atom is -0.376 e. The van der Waals surface area contributed by atoms with Crippen molar-refractivity contribution < 1.29 is 14.3 Å². The SMILES string of the molecule is O=C1NCCN(C(=O)c2cc3c(s2)CCOC3)c2ccccc21. The maximum Gasteiger partial charge on any atom is 0.268 e. The molecular formula is C17H16N2O3S. The smallest absolute Gasteiger partial charge is 0.268 e. The Bertz CT molecular complexity index is 760. The van der Waals surface area contributed by atoms with Crippen LogP contribution >= 0.6 is 11.3 Å². The number of amides is 2. The Labute approximate surface area is 137 Å². The molecule has 1 aromatic heterocycles. The van der Waals surface area contributed by atoms with Gasteiger partial charge in [0.1, 0.15) is 0 Å². The molecule has 0 fully saturated rings. The van der Waals surface area contributed by atoms with Gasteiger partial charge in [-0.05, 0) is 23.8 Å². The van der Waals surface area contributed by atoms with Gasteiger partial charge in [-0.1, -0.05) is 12.1 Å². The average molecular weight is 328 g/mol. The normalized spacial score (nSPS) is 17.0. The summed E-state index contributed by atoms with van der Waals surface area (Å²) in [7, 11) is 0. The second-order valence-corrected chi connectivity index (χ2v) is 6.73. The lowest BCUT2D eigenvalue weighted by Crippen LogP contribution is -2.34. The fourth-order valence-electron chi connectivity index (χ4n) is 2.99. The lowest BCUT2D eigenvalue weighted by atomic mass is 10.1. The molecule has 0 unspecified atom stereocenters. The van der Waals surface area contributed by atoms with Gasteiger partial charge in [0.15, 0.2) is 0 Å². The summed E-state index contributed by atoms with van der Waals surface area (Å²) in [4.78, 5) is 28.7. The molecule has 1 aromatic carbocycles. The third-order valence-corrected chi connectivity index (χ3v) is 5.37. The fourth-order valence-corrected chi connectivity index (χ4v) is 4.09. The molecule has 0 radical (unpaired) electrons. The Morgan fingerprint density at radius 1 is 1.30 bits per heavy atom. The highest BCUT2D eigenvalue weighted by atomic mass is 32.1. The van der Waals surface area contributed by atoms with Crippen LogP contribution in [0.5, 0.6) is 0 Å². The van der Waals surface area contributed by atoms with E-state index in [-0.39, 0.29) is 11.8 Å². The first-order valence-electron chi connectivity index (χ1n) is 7.62. The number of anilines is 1. The Morgan fingerprint density at radius 2 is 2.17 bits per heavy atom. The van der Waals surface area contributed by atoms with E-state index in [0.29, 0.717) is 42.4 Å². The summed E-state index contributed by atoms with van der Waals surface area (Å²) in [5.41, 5.74) is 2.33. The van der Waals surface area contributed by atoms with Crippen molar-refractivity contribution in [3.05, 3.63) is 51.2 Å². The van der Waals surface area contributed by atoms with Crippen LogP contribution in [0, 0.1) is 0 Å². The van der Waals surface area contributed by atoms with Gasteiger partial charge in [0, 0.05) is 24.4 Å². The molecular weight excluding hydrogens is 312 g/mol. The van der Waals surface area contributed by atoms with E-state index in [0.717, 1.165) is 12.0 Å². The van der Waals surface area contributed by atoms with Crippen molar-refractivity contribution in [3.63, 3.8) is 0 Å². The summed E-state index contributed by atoms with van der Waals surface area (Å²) in [6.45, 7) is 2.22. The van der Waals surface area contributed by atoms with Crippen LogP contribution in [0.15, 0.2) is 30.3 Å². The first kappa shape index (κ1) is 14.4. The number of carbonyl (C=O) groups excluding carboxylic acids is 2. The zero-order valence-corrected chi connectivity index (χ0v) is 13.3. The van der Waals surface area contributed by atoms with Gasteiger partial charge in [-0.3, -0.25) is 9.59 Å². The average Bonchev–Trinajstić information content (AvgIpc) is 2.95. The van der Waals surface area contributed by atoms with Crippen LogP contribution in [0.4, 0.5) is 5.69 Å². The van der Waals surface area contributed by atoms with Gasteiger partial charge in [0.2, 0.25) is 0 Å². The zero-order chi connectivity index (χ0) is 15.8. The van der Waals surface area contributed by atoms with Gasteiger partial charge in [-0.25, -0.2) is 0 Å². The van der Waals surface area contributed by atoms with Gasteiger partial charge in [0.05, 0.1) is 29.3 Å². The molecule has 2 aromatic rings. The minimum atomic E-state index is -0.130.